The highest BCUT2D eigenvalue weighted by Crippen LogP contribution is 2.68. The molecule has 0 radical (unpaired) electrons. The van der Waals surface area contributed by atoms with Crippen LogP contribution < -0.4 is 0 Å². The van der Waals surface area contributed by atoms with Crippen LogP contribution >= 0.6 is 0 Å². The van der Waals surface area contributed by atoms with Crippen LogP contribution in [0.1, 0.15) is 98.3 Å². The van der Waals surface area contributed by atoms with Crippen molar-refractivity contribution in [2.75, 3.05) is 0 Å². The van der Waals surface area contributed by atoms with E-state index in [-0.39, 0.29) is 5.92 Å². The smallest absolute Gasteiger partial charge is 0.122 e. The van der Waals surface area contributed by atoms with Crippen LogP contribution in [0.5, 0.6) is 0 Å². The van der Waals surface area contributed by atoms with E-state index in [1.165, 1.54) is 64.2 Å². The highest BCUT2D eigenvalue weighted by atomic mass is 16.1. The highest BCUT2D eigenvalue weighted by molar-refractivity contribution is 5.52. The molecular formula is C27H44O. The molecule has 0 aromatic rings. The second-order valence-electron chi connectivity index (χ2n) is 11.8. The fraction of sp³-hybridized carbons (Fsp3) is 0.889. The average molecular weight is 385 g/mol. The summed E-state index contributed by atoms with van der Waals surface area (Å²) in [5.41, 5.74) is 1.18. The number of aldehydes is 1. The van der Waals surface area contributed by atoms with Gasteiger partial charge in [0.1, 0.15) is 6.29 Å². The van der Waals surface area contributed by atoms with E-state index in [2.05, 4.69) is 39.8 Å². The second-order valence-corrected chi connectivity index (χ2v) is 11.8. The van der Waals surface area contributed by atoms with Gasteiger partial charge in [0.25, 0.3) is 0 Å². The van der Waals surface area contributed by atoms with E-state index in [1.807, 2.05) is 0 Å². The first-order chi connectivity index (χ1) is 13.4. The third kappa shape index (κ3) is 3.33. The van der Waals surface area contributed by atoms with E-state index >= 15 is 0 Å². The average Bonchev–Trinajstić information content (AvgIpc) is 3.04. The fourth-order valence-electron chi connectivity index (χ4n) is 8.84. The number of hydrogen-bond acceptors (Lipinski definition) is 1. The van der Waals surface area contributed by atoms with E-state index in [1.54, 1.807) is 0 Å². The SMILES string of the molecule is CC(C=O)CCC[C@@H](C)[C@H]1CCC2[C@H]3CCC4CC=CC[C@]4(C)[C@@H]3CC[C@@]21C. The Hall–Kier alpha value is -0.590. The van der Waals surface area contributed by atoms with Gasteiger partial charge in [0.15, 0.2) is 0 Å². The fourth-order valence-corrected chi connectivity index (χ4v) is 8.84. The van der Waals surface area contributed by atoms with Gasteiger partial charge in [-0.2, -0.15) is 0 Å². The lowest BCUT2D eigenvalue weighted by molar-refractivity contribution is -0.110. The van der Waals surface area contributed by atoms with Gasteiger partial charge in [0.2, 0.25) is 0 Å². The van der Waals surface area contributed by atoms with Crippen LogP contribution in [0.3, 0.4) is 0 Å². The van der Waals surface area contributed by atoms with E-state index in [4.69, 9.17) is 0 Å². The highest BCUT2D eigenvalue weighted by Gasteiger charge is 2.59. The molecule has 3 saturated carbocycles. The van der Waals surface area contributed by atoms with Crippen LogP contribution in [0.4, 0.5) is 0 Å². The lowest BCUT2D eigenvalue weighted by Crippen LogP contribution is -2.52. The summed E-state index contributed by atoms with van der Waals surface area (Å²) in [6.45, 7) is 9.94. The predicted molar refractivity (Wildman–Crippen MR) is 118 cm³/mol. The topological polar surface area (TPSA) is 17.1 Å². The van der Waals surface area contributed by atoms with E-state index in [9.17, 15) is 4.79 Å². The van der Waals surface area contributed by atoms with Gasteiger partial charge in [0, 0.05) is 5.92 Å². The maximum atomic E-state index is 10.9. The maximum absolute atomic E-state index is 10.9. The summed E-state index contributed by atoms with van der Waals surface area (Å²) >= 11 is 0. The van der Waals surface area contributed by atoms with Crippen molar-refractivity contribution < 1.29 is 4.79 Å². The zero-order valence-corrected chi connectivity index (χ0v) is 19.0. The molecule has 0 heterocycles. The van der Waals surface area contributed by atoms with Crippen molar-refractivity contribution in [2.45, 2.75) is 98.3 Å². The molecule has 4 rings (SSSR count). The van der Waals surface area contributed by atoms with Gasteiger partial charge in [-0.1, -0.05) is 52.7 Å². The summed E-state index contributed by atoms with van der Waals surface area (Å²) in [7, 11) is 0. The Morgan fingerprint density at radius 3 is 2.54 bits per heavy atom. The lowest BCUT2D eigenvalue weighted by atomic mass is 9.45. The molecule has 0 aromatic heterocycles. The quantitative estimate of drug-likeness (QED) is 0.343. The number of rotatable bonds is 6. The van der Waals surface area contributed by atoms with Crippen LogP contribution in [0.15, 0.2) is 12.2 Å². The largest absolute Gasteiger partial charge is 0.303 e. The van der Waals surface area contributed by atoms with E-state index in [0.29, 0.717) is 10.8 Å². The van der Waals surface area contributed by atoms with Crippen molar-refractivity contribution >= 4 is 6.29 Å². The third-order valence-corrected chi connectivity index (χ3v) is 10.5. The molecule has 1 heteroatoms. The molecule has 0 bridgehead atoms. The van der Waals surface area contributed by atoms with Gasteiger partial charge in [-0.3, -0.25) is 0 Å². The van der Waals surface area contributed by atoms with Gasteiger partial charge in [-0.15, -0.1) is 0 Å². The normalized spacial score (nSPS) is 46.9. The standard InChI is InChI=1S/C27H44O/c1-19(18-28)8-7-9-20(2)23-13-14-24-22-12-11-21-10-5-6-16-26(21,3)25(22)15-17-27(23,24)4/h5-6,18-25H,7-17H2,1-4H3/t19?,20-,21?,22-,23-,24?,25-,26+,27-/m1/s1. The molecule has 4 aliphatic rings. The zero-order valence-electron chi connectivity index (χ0n) is 19.0. The van der Waals surface area contributed by atoms with Gasteiger partial charge in [0.05, 0.1) is 0 Å². The third-order valence-electron chi connectivity index (χ3n) is 10.5. The number of hydrogen-bond donors (Lipinski definition) is 0. The predicted octanol–water partition coefficient (Wildman–Crippen LogP) is 7.45. The van der Waals surface area contributed by atoms with Crippen LogP contribution in [-0.2, 0) is 4.79 Å². The maximum Gasteiger partial charge on any atom is 0.122 e. The Bertz CT molecular complexity index is 593. The van der Waals surface area contributed by atoms with Crippen molar-refractivity contribution in [1.82, 2.24) is 0 Å². The minimum atomic E-state index is 0.245. The number of carbonyl (C=O) groups excluding carboxylic acids is 1. The molecule has 0 N–H and O–H groups in total. The van der Waals surface area contributed by atoms with Gasteiger partial charge in [-0.25, -0.2) is 0 Å². The van der Waals surface area contributed by atoms with Crippen molar-refractivity contribution in [3.05, 3.63) is 12.2 Å². The molecule has 9 atom stereocenters. The minimum Gasteiger partial charge on any atom is -0.303 e. The molecule has 0 aromatic carbocycles. The lowest BCUT2D eigenvalue weighted by Gasteiger charge is -2.60. The number of fused-ring (bicyclic) bond motifs is 5. The molecular weight excluding hydrogens is 340 g/mol. The summed E-state index contributed by atoms with van der Waals surface area (Å²) in [6, 6.07) is 0. The Morgan fingerprint density at radius 1 is 0.964 bits per heavy atom. The zero-order chi connectivity index (χ0) is 19.9. The van der Waals surface area contributed by atoms with E-state index < -0.39 is 0 Å². The van der Waals surface area contributed by atoms with Crippen LogP contribution in [0.2, 0.25) is 0 Å². The molecule has 0 saturated heterocycles. The Morgan fingerprint density at radius 2 is 1.75 bits per heavy atom. The minimum absolute atomic E-state index is 0.245. The molecule has 0 spiro atoms. The summed E-state index contributed by atoms with van der Waals surface area (Å²) in [4.78, 5) is 10.9. The molecule has 3 fully saturated rings. The monoisotopic (exact) mass is 384 g/mol. The first-order valence-electron chi connectivity index (χ1n) is 12.5. The number of allylic oxidation sites excluding steroid dienone is 2. The molecule has 0 aliphatic heterocycles. The van der Waals surface area contributed by atoms with Crippen LogP contribution in [-0.4, -0.2) is 6.29 Å². The summed E-state index contributed by atoms with van der Waals surface area (Å²) in [5.74, 6) is 5.91. The molecule has 158 valence electrons. The Kier molecular flexibility index (Phi) is 5.85. The molecule has 4 aliphatic carbocycles. The summed E-state index contributed by atoms with van der Waals surface area (Å²) < 4.78 is 0. The van der Waals surface area contributed by atoms with Crippen LogP contribution in [0.25, 0.3) is 0 Å². The van der Waals surface area contributed by atoms with Gasteiger partial charge >= 0.3 is 0 Å². The Balaban J connectivity index is 1.45. The second kappa shape index (κ2) is 7.92. The van der Waals surface area contributed by atoms with Gasteiger partial charge in [-0.05, 0) is 104 Å². The summed E-state index contributed by atoms with van der Waals surface area (Å²) in [6.07, 6.45) is 21.4. The number of carbonyl (C=O) groups is 1. The Labute approximate surface area is 174 Å². The molecule has 28 heavy (non-hydrogen) atoms. The first kappa shape index (κ1) is 20.7. The van der Waals surface area contributed by atoms with Gasteiger partial charge < -0.3 is 4.79 Å². The van der Waals surface area contributed by atoms with Crippen molar-refractivity contribution in [3.8, 4) is 0 Å². The van der Waals surface area contributed by atoms with Crippen molar-refractivity contribution in [1.29, 1.82) is 0 Å². The van der Waals surface area contributed by atoms with E-state index in [0.717, 1.165) is 48.2 Å². The molecule has 0 amide bonds. The van der Waals surface area contributed by atoms with Crippen molar-refractivity contribution in [2.24, 2.45) is 52.3 Å². The first-order valence-corrected chi connectivity index (χ1v) is 12.5. The molecule has 3 unspecified atom stereocenters. The molecule has 1 nitrogen and oxygen atoms in total. The van der Waals surface area contributed by atoms with Crippen molar-refractivity contribution in [3.63, 3.8) is 0 Å². The van der Waals surface area contributed by atoms with Crippen LogP contribution in [0, 0.1) is 52.3 Å². The summed E-state index contributed by atoms with van der Waals surface area (Å²) in [5, 5.41) is 0.